The third-order valence-electron chi connectivity index (χ3n) is 4.19. The van der Waals surface area contributed by atoms with Crippen molar-refractivity contribution in [2.45, 2.75) is 47.5 Å². The second-order valence-electron chi connectivity index (χ2n) is 6.86. The Hall–Kier alpha value is -2.49. The second kappa shape index (κ2) is 6.19. The monoisotopic (exact) mass is 320 g/mol. The normalized spacial score (nSPS) is 12.0. The first-order valence-corrected chi connectivity index (χ1v) is 8.35. The molecule has 0 atom stereocenters. The highest BCUT2D eigenvalue weighted by Crippen LogP contribution is 2.32. The van der Waals surface area contributed by atoms with E-state index in [-0.39, 0.29) is 0 Å². The number of aromatic nitrogens is 2. The molecule has 4 nitrogen and oxygen atoms in total. The Balaban J connectivity index is 2.16. The first-order valence-electron chi connectivity index (χ1n) is 8.35. The Morgan fingerprint density at radius 1 is 0.917 bits per heavy atom. The van der Waals surface area contributed by atoms with Crippen molar-refractivity contribution in [3.05, 3.63) is 58.4 Å². The largest absolute Gasteiger partial charge is 0.283 e. The van der Waals surface area contributed by atoms with E-state index in [0.717, 1.165) is 34.0 Å². The van der Waals surface area contributed by atoms with Crippen LogP contribution in [-0.2, 0) is 0 Å². The average Bonchev–Trinajstić information content (AvgIpc) is 2.84. The molecule has 3 aromatic rings. The van der Waals surface area contributed by atoms with Crippen LogP contribution in [0.3, 0.4) is 0 Å². The van der Waals surface area contributed by atoms with E-state index >= 15 is 0 Å². The van der Waals surface area contributed by atoms with Crippen molar-refractivity contribution >= 4 is 17.2 Å². The van der Waals surface area contributed by atoms with Gasteiger partial charge in [-0.2, -0.15) is 0 Å². The zero-order valence-corrected chi connectivity index (χ0v) is 15.3. The van der Waals surface area contributed by atoms with Crippen molar-refractivity contribution in [3.63, 3.8) is 0 Å². The molecule has 0 unspecified atom stereocenters. The van der Waals surface area contributed by atoms with E-state index in [1.165, 1.54) is 11.1 Å². The van der Waals surface area contributed by atoms with Crippen molar-refractivity contribution in [1.29, 1.82) is 0 Å². The standard InChI is InChI=1S/C20H24N4/c1-12(2)18-20(24-11-13(3)7-8-17(24)21-18)23-22-19-15(5)9-14(4)10-16(19)6/h7-12H,1-6H3. The summed E-state index contributed by atoms with van der Waals surface area (Å²) in [5, 5.41) is 9.18. The molecule has 2 aromatic heterocycles. The molecule has 0 aliphatic heterocycles. The smallest absolute Gasteiger partial charge is 0.183 e. The SMILES string of the molecule is Cc1cc(C)c(N=Nc2c(C(C)C)nc3ccc(C)cn23)c(C)c1. The fourth-order valence-corrected chi connectivity index (χ4v) is 3.07. The minimum absolute atomic E-state index is 0.291. The molecule has 0 spiro atoms. The molecule has 0 saturated carbocycles. The summed E-state index contributed by atoms with van der Waals surface area (Å²) >= 11 is 0. The van der Waals surface area contributed by atoms with E-state index in [1.807, 2.05) is 10.5 Å². The van der Waals surface area contributed by atoms with Gasteiger partial charge in [0.1, 0.15) is 5.65 Å². The molecule has 4 heteroatoms. The maximum Gasteiger partial charge on any atom is 0.183 e. The Morgan fingerprint density at radius 3 is 2.21 bits per heavy atom. The zero-order chi connectivity index (χ0) is 17.4. The van der Waals surface area contributed by atoms with Gasteiger partial charge in [-0.3, -0.25) is 4.40 Å². The van der Waals surface area contributed by atoms with Crippen LogP contribution in [0.1, 0.15) is 47.7 Å². The van der Waals surface area contributed by atoms with E-state index < -0.39 is 0 Å². The third kappa shape index (κ3) is 2.96. The van der Waals surface area contributed by atoms with Gasteiger partial charge >= 0.3 is 0 Å². The molecular formula is C20H24N4. The molecule has 24 heavy (non-hydrogen) atoms. The summed E-state index contributed by atoms with van der Waals surface area (Å²) in [4.78, 5) is 4.73. The van der Waals surface area contributed by atoms with Crippen LogP contribution in [-0.4, -0.2) is 9.38 Å². The lowest BCUT2D eigenvalue weighted by molar-refractivity contribution is 0.831. The molecule has 0 fully saturated rings. The van der Waals surface area contributed by atoms with Crippen LogP contribution in [0.15, 0.2) is 40.7 Å². The van der Waals surface area contributed by atoms with E-state index in [1.54, 1.807) is 0 Å². The van der Waals surface area contributed by atoms with Crippen LogP contribution in [0.5, 0.6) is 0 Å². The maximum absolute atomic E-state index is 4.73. The van der Waals surface area contributed by atoms with Crippen LogP contribution >= 0.6 is 0 Å². The quantitative estimate of drug-likeness (QED) is 0.537. The van der Waals surface area contributed by atoms with Gasteiger partial charge in [-0.1, -0.05) is 37.6 Å². The number of aryl methyl sites for hydroxylation is 4. The van der Waals surface area contributed by atoms with Gasteiger partial charge in [-0.15, -0.1) is 10.2 Å². The van der Waals surface area contributed by atoms with E-state index in [4.69, 9.17) is 4.98 Å². The predicted molar refractivity (Wildman–Crippen MR) is 98.8 cm³/mol. The van der Waals surface area contributed by atoms with Crippen LogP contribution in [0.2, 0.25) is 0 Å². The van der Waals surface area contributed by atoms with Gasteiger partial charge in [-0.25, -0.2) is 4.98 Å². The molecule has 3 rings (SSSR count). The number of azo groups is 1. The minimum Gasteiger partial charge on any atom is -0.283 e. The Morgan fingerprint density at radius 2 is 1.58 bits per heavy atom. The summed E-state index contributed by atoms with van der Waals surface area (Å²) in [6, 6.07) is 8.39. The first-order chi connectivity index (χ1) is 11.4. The fourth-order valence-electron chi connectivity index (χ4n) is 3.07. The molecule has 1 aromatic carbocycles. The van der Waals surface area contributed by atoms with Crippen LogP contribution in [0.25, 0.3) is 5.65 Å². The topological polar surface area (TPSA) is 42.0 Å². The van der Waals surface area contributed by atoms with Gasteiger partial charge in [0.05, 0.1) is 11.4 Å². The summed E-state index contributed by atoms with van der Waals surface area (Å²) in [6.45, 7) is 12.6. The average molecular weight is 320 g/mol. The highest BCUT2D eigenvalue weighted by Gasteiger charge is 2.15. The van der Waals surface area contributed by atoms with Crippen LogP contribution in [0, 0.1) is 27.7 Å². The maximum atomic E-state index is 4.73. The first kappa shape index (κ1) is 16.4. The lowest BCUT2D eigenvalue weighted by Crippen LogP contribution is -1.88. The summed E-state index contributed by atoms with van der Waals surface area (Å²) in [5.41, 5.74) is 7.55. The van der Waals surface area contributed by atoms with Crippen molar-refractivity contribution in [2.75, 3.05) is 0 Å². The molecule has 0 N–H and O–H groups in total. The lowest BCUT2D eigenvalue weighted by atomic mass is 10.1. The molecule has 0 aliphatic rings. The third-order valence-corrected chi connectivity index (χ3v) is 4.19. The van der Waals surface area contributed by atoms with Crippen LogP contribution < -0.4 is 0 Å². The predicted octanol–water partition coefficient (Wildman–Crippen LogP) is 6.11. The molecule has 0 amide bonds. The Bertz CT molecular complexity index is 909. The highest BCUT2D eigenvalue weighted by atomic mass is 15.2. The van der Waals surface area contributed by atoms with Crippen molar-refractivity contribution in [1.82, 2.24) is 9.38 Å². The molecule has 0 aliphatic carbocycles. The number of imidazole rings is 1. The van der Waals surface area contributed by atoms with Gasteiger partial charge in [0.2, 0.25) is 0 Å². The van der Waals surface area contributed by atoms with Crippen LogP contribution in [0.4, 0.5) is 11.5 Å². The minimum atomic E-state index is 0.291. The molecule has 124 valence electrons. The molecule has 0 bridgehead atoms. The molecular weight excluding hydrogens is 296 g/mol. The van der Waals surface area contributed by atoms with Gasteiger partial charge in [-0.05, 0) is 56.4 Å². The fraction of sp³-hybridized carbons (Fsp3) is 0.350. The molecule has 0 radical (unpaired) electrons. The van der Waals surface area contributed by atoms with Gasteiger partial charge in [0, 0.05) is 6.20 Å². The van der Waals surface area contributed by atoms with Crippen molar-refractivity contribution in [2.24, 2.45) is 10.2 Å². The molecule has 0 saturated heterocycles. The Labute approximate surface area is 143 Å². The number of fused-ring (bicyclic) bond motifs is 1. The second-order valence-corrected chi connectivity index (χ2v) is 6.86. The number of pyridine rings is 1. The summed E-state index contributed by atoms with van der Waals surface area (Å²) in [6.07, 6.45) is 2.07. The number of nitrogens with zero attached hydrogens (tertiary/aromatic N) is 4. The van der Waals surface area contributed by atoms with Crippen molar-refractivity contribution < 1.29 is 0 Å². The molecule has 2 heterocycles. The Kier molecular flexibility index (Phi) is 4.22. The lowest BCUT2D eigenvalue weighted by Gasteiger charge is -2.06. The van der Waals surface area contributed by atoms with E-state index in [0.29, 0.717) is 5.92 Å². The van der Waals surface area contributed by atoms with Gasteiger partial charge < -0.3 is 0 Å². The van der Waals surface area contributed by atoms with Gasteiger partial charge in [0.15, 0.2) is 5.82 Å². The van der Waals surface area contributed by atoms with E-state index in [9.17, 15) is 0 Å². The highest BCUT2D eigenvalue weighted by molar-refractivity contribution is 5.56. The number of rotatable bonds is 3. The summed E-state index contributed by atoms with van der Waals surface area (Å²) in [7, 11) is 0. The van der Waals surface area contributed by atoms with Crippen molar-refractivity contribution in [3.8, 4) is 0 Å². The number of hydrogen-bond acceptors (Lipinski definition) is 3. The van der Waals surface area contributed by atoms with E-state index in [2.05, 4.69) is 76.2 Å². The zero-order valence-electron chi connectivity index (χ0n) is 15.3. The van der Waals surface area contributed by atoms with Gasteiger partial charge in [0.25, 0.3) is 0 Å². The number of benzene rings is 1. The summed E-state index contributed by atoms with van der Waals surface area (Å²) in [5.74, 6) is 1.11. The number of hydrogen-bond donors (Lipinski definition) is 0. The summed E-state index contributed by atoms with van der Waals surface area (Å²) < 4.78 is 2.03.